The third-order valence-electron chi connectivity index (χ3n) is 4.28. The number of para-hydroxylation sites is 1. The first-order valence-electron chi connectivity index (χ1n) is 8.57. The number of hydrogen-bond acceptors (Lipinski definition) is 6. The maximum absolute atomic E-state index is 13.0. The molecule has 0 bridgehead atoms. The van der Waals surface area contributed by atoms with Crippen LogP contribution in [0.2, 0.25) is 0 Å². The molecule has 0 saturated carbocycles. The summed E-state index contributed by atoms with van der Waals surface area (Å²) in [6.45, 7) is 3.91. The van der Waals surface area contributed by atoms with Crippen molar-refractivity contribution >= 4 is 17.4 Å². The molecule has 1 aliphatic heterocycles. The molecule has 1 aromatic carbocycles. The molecule has 0 saturated heterocycles. The van der Waals surface area contributed by atoms with E-state index in [1.54, 1.807) is 40.4 Å². The average molecular weight is 362 g/mol. The normalized spacial score (nSPS) is 14.4. The first-order chi connectivity index (χ1) is 12.6. The topological polar surface area (TPSA) is 68.3 Å². The second-order valence-electron chi connectivity index (χ2n) is 5.75. The van der Waals surface area contributed by atoms with E-state index < -0.39 is 0 Å². The molecule has 142 valence electrons. The van der Waals surface area contributed by atoms with Crippen molar-refractivity contribution < 1.29 is 23.8 Å². The van der Waals surface area contributed by atoms with Gasteiger partial charge in [0.25, 0.3) is 11.8 Å². The van der Waals surface area contributed by atoms with Crippen molar-refractivity contribution in [1.82, 2.24) is 9.80 Å². The van der Waals surface area contributed by atoms with Crippen LogP contribution in [0.1, 0.15) is 12.5 Å². The Morgan fingerprint density at radius 3 is 2.12 bits per heavy atom. The van der Waals surface area contributed by atoms with Gasteiger partial charge in [0.1, 0.15) is 11.4 Å². The van der Waals surface area contributed by atoms with Gasteiger partial charge in [-0.25, -0.2) is 0 Å². The highest BCUT2D eigenvalue weighted by Gasteiger charge is 2.41. The lowest BCUT2D eigenvalue weighted by molar-refractivity contribution is -0.137. The SMILES string of the molecule is CCN1C(=O)C(c2ccccc2OC)=C(N(CCOC)CCOC)C1=O. The average Bonchev–Trinajstić information content (AvgIpc) is 2.91. The fourth-order valence-electron chi connectivity index (χ4n) is 2.98. The molecule has 0 spiro atoms. The Bertz CT molecular complexity index is 678. The van der Waals surface area contributed by atoms with Crippen LogP contribution in [0.15, 0.2) is 30.0 Å². The highest BCUT2D eigenvalue weighted by atomic mass is 16.5. The number of methoxy groups -OCH3 is 3. The zero-order chi connectivity index (χ0) is 19.1. The van der Waals surface area contributed by atoms with E-state index in [0.29, 0.717) is 55.4 Å². The summed E-state index contributed by atoms with van der Waals surface area (Å²) in [6, 6.07) is 7.22. The summed E-state index contributed by atoms with van der Waals surface area (Å²) >= 11 is 0. The first-order valence-corrected chi connectivity index (χ1v) is 8.57. The van der Waals surface area contributed by atoms with Crippen LogP contribution in [0.4, 0.5) is 0 Å². The van der Waals surface area contributed by atoms with E-state index in [-0.39, 0.29) is 11.8 Å². The molecule has 0 unspecified atom stereocenters. The minimum Gasteiger partial charge on any atom is -0.496 e. The van der Waals surface area contributed by atoms with Crippen LogP contribution in [-0.2, 0) is 19.1 Å². The van der Waals surface area contributed by atoms with Gasteiger partial charge in [-0.1, -0.05) is 18.2 Å². The minimum atomic E-state index is -0.308. The lowest BCUT2D eigenvalue weighted by Gasteiger charge is -2.25. The Morgan fingerprint density at radius 2 is 1.58 bits per heavy atom. The van der Waals surface area contributed by atoms with E-state index in [1.165, 1.54) is 4.90 Å². The van der Waals surface area contributed by atoms with Crippen LogP contribution >= 0.6 is 0 Å². The molecule has 2 amide bonds. The lowest BCUT2D eigenvalue weighted by Crippen LogP contribution is -2.37. The molecule has 7 heteroatoms. The molecule has 0 aliphatic carbocycles. The fourth-order valence-corrected chi connectivity index (χ4v) is 2.98. The van der Waals surface area contributed by atoms with Gasteiger partial charge in [0.15, 0.2) is 0 Å². The summed E-state index contributed by atoms with van der Waals surface area (Å²) in [5.74, 6) is -0.0556. The van der Waals surface area contributed by atoms with Crippen LogP contribution in [0.5, 0.6) is 5.75 Å². The summed E-state index contributed by atoms with van der Waals surface area (Å²) in [7, 11) is 4.75. The van der Waals surface area contributed by atoms with Gasteiger partial charge in [0, 0.05) is 39.4 Å². The Labute approximate surface area is 154 Å². The van der Waals surface area contributed by atoms with E-state index in [9.17, 15) is 9.59 Å². The number of hydrogen-bond donors (Lipinski definition) is 0. The van der Waals surface area contributed by atoms with E-state index in [1.807, 2.05) is 17.0 Å². The summed E-state index contributed by atoms with van der Waals surface area (Å²) in [4.78, 5) is 29.1. The molecule has 2 rings (SSSR count). The Balaban J connectivity index is 2.59. The van der Waals surface area contributed by atoms with Crippen molar-refractivity contribution in [2.75, 3.05) is 54.2 Å². The van der Waals surface area contributed by atoms with Gasteiger partial charge in [-0.2, -0.15) is 0 Å². The van der Waals surface area contributed by atoms with Gasteiger partial charge in [0.05, 0.1) is 25.9 Å². The van der Waals surface area contributed by atoms with E-state index in [2.05, 4.69) is 0 Å². The Hall–Kier alpha value is -2.38. The number of benzene rings is 1. The molecular weight excluding hydrogens is 336 g/mol. The Morgan fingerprint density at radius 1 is 0.962 bits per heavy atom. The third-order valence-corrected chi connectivity index (χ3v) is 4.28. The summed E-state index contributed by atoms with van der Waals surface area (Å²) in [5, 5.41) is 0. The molecule has 1 heterocycles. The molecule has 1 aromatic rings. The van der Waals surface area contributed by atoms with Crippen LogP contribution in [-0.4, -0.2) is 75.8 Å². The molecule has 7 nitrogen and oxygen atoms in total. The minimum absolute atomic E-state index is 0.300. The van der Waals surface area contributed by atoms with Gasteiger partial charge in [-0.15, -0.1) is 0 Å². The molecule has 0 fully saturated rings. The van der Waals surface area contributed by atoms with Crippen molar-refractivity contribution in [3.8, 4) is 5.75 Å². The maximum Gasteiger partial charge on any atom is 0.277 e. The zero-order valence-corrected chi connectivity index (χ0v) is 15.8. The predicted molar refractivity (Wildman–Crippen MR) is 97.6 cm³/mol. The van der Waals surface area contributed by atoms with Crippen molar-refractivity contribution in [2.45, 2.75) is 6.92 Å². The van der Waals surface area contributed by atoms with Crippen LogP contribution in [0, 0.1) is 0 Å². The van der Waals surface area contributed by atoms with Gasteiger partial charge >= 0.3 is 0 Å². The zero-order valence-electron chi connectivity index (χ0n) is 15.8. The maximum atomic E-state index is 13.0. The van der Waals surface area contributed by atoms with Crippen LogP contribution in [0.3, 0.4) is 0 Å². The van der Waals surface area contributed by atoms with Crippen LogP contribution < -0.4 is 4.74 Å². The highest BCUT2D eigenvalue weighted by Crippen LogP contribution is 2.35. The number of carbonyl (C=O) groups is 2. The van der Waals surface area contributed by atoms with Gasteiger partial charge in [-0.05, 0) is 13.0 Å². The molecule has 26 heavy (non-hydrogen) atoms. The third kappa shape index (κ3) is 3.89. The first kappa shape index (κ1) is 19.9. The van der Waals surface area contributed by atoms with Crippen LogP contribution in [0.25, 0.3) is 5.57 Å². The Kier molecular flexibility index (Phi) is 7.17. The number of ether oxygens (including phenoxy) is 3. The predicted octanol–water partition coefficient (Wildman–Crippen LogP) is 1.39. The monoisotopic (exact) mass is 362 g/mol. The quantitative estimate of drug-likeness (QED) is 0.586. The number of likely N-dealkylation sites (N-methyl/N-ethyl adjacent to an activating group) is 1. The van der Waals surface area contributed by atoms with Crippen molar-refractivity contribution in [2.24, 2.45) is 0 Å². The summed E-state index contributed by atoms with van der Waals surface area (Å²) in [5.41, 5.74) is 1.34. The molecule has 1 aliphatic rings. The van der Waals surface area contributed by atoms with E-state index in [4.69, 9.17) is 14.2 Å². The number of rotatable bonds is 10. The smallest absolute Gasteiger partial charge is 0.277 e. The standard InChI is InChI=1S/C19H26N2O5/c1-5-21-18(22)16(14-8-6-7-9-15(14)26-4)17(19(21)23)20(10-12-24-2)11-13-25-3/h6-9H,5,10-13H2,1-4H3. The van der Waals surface area contributed by atoms with Crippen molar-refractivity contribution in [1.29, 1.82) is 0 Å². The van der Waals surface area contributed by atoms with Crippen molar-refractivity contribution in [3.63, 3.8) is 0 Å². The number of nitrogens with zero attached hydrogens (tertiary/aromatic N) is 2. The lowest BCUT2D eigenvalue weighted by atomic mass is 10.0. The second-order valence-corrected chi connectivity index (χ2v) is 5.75. The van der Waals surface area contributed by atoms with Crippen molar-refractivity contribution in [3.05, 3.63) is 35.5 Å². The molecule has 0 radical (unpaired) electrons. The van der Waals surface area contributed by atoms with Gasteiger partial charge < -0.3 is 19.1 Å². The molecule has 0 aromatic heterocycles. The molecular formula is C19H26N2O5. The highest BCUT2D eigenvalue weighted by molar-refractivity contribution is 6.36. The molecule has 0 N–H and O–H groups in total. The fraction of sp³-hybridized carbons (Fsp3) is 0.474. The number of carbonyl (C=O) groups excluding carboxylic acids is 2. The second kappa shape index (κ2) is 9.35. The van der Waals surface area contributed by atoms with E-state index in [0.717, 1.165) is 0 Å². The molecule has 0 atom stereocenters. The number of amides is 2. The summed E-state index contributed by atoms with van der Waals surface area (Å²) in [6.07, 6.45) is 0. The largest absolute Gasteiger partial charge is 0.496 e. The van der Waals surface area contributed by atoms with Gasteiger partial charge in [0.2, 0.25) is 0 Å². The van der Waals surface area contributed by atoms with E-state index >= 15 is 0 Å². The summed E-state index contributed by atoms with van der Waals surface area (Å²) < 4.78 is 15.8. The number of imide groups is 1. The van der Waals surface area contributed by atoms with Gasteiger partial charge in [-0.3, -0.25) is 14.5 Å².